The summed E-state index contributed by atoms with van der Waals surface area (Å²) >= 11 is 0. The third kappa shape index (κ3) is 6.58. The summed E-state index contributed by atoms with van der Waals surface area (Å²) in [5.41, 5.74) is 6.55. The molecule has 1 aromatic heterocycles. The number of para-hydroxylation sites is 1. The summed E-state index contributed by atoms with van der Waals surface area (Å²) in [5, 5.41) is 12.0. The number of benzene rings is 2. The second-order valence-electron chi connectivity index (χ2n) is 9.07. The average Bonchev–Trinajstić information content (AvgIpc) is 2.89. The molecular weight excluding hydrogens is 474 g/mol. The van der Waals surface area contributed by atoms with Crippen LogP contribution in [0.25, 0.3) is 10.9 Å². The normalized spacial score (nSPS) is 12.0. The number of amides is 1. The summed E-state index contributed by atoms with van der Waals surface area (Å²) in [4.78, 5) is 44.6. The average molecular weight is 510 g/mol. The molecule has 1 heterocycles. The summed E-state index contributed by atoms with van der Waals surface area (Å²) in [6, 6.07) is 11.0. The first kappa shape index (κ1) is 27.9. The lowest BCUT2D eigenvalue weighted by molar-refractivity contribution is -0.385. The number of ether oxygens (including phenoxy) is 1. The number of nitro benzene ring substituents is 1. The fraction of sp³-hybridized carbons (Fsp3) is 0.444. The molecule has 0 aliphatic heterocycles. The Hall–Kier alpha value is -3.63. The second-order valence-corrected chi connectivity index (χ2v) is 9.07. The van der Waals surface area contributed by atoms with E-state index in [1.54, 1.807) is 53.8 Å². The van der Waals surface area contributed by atoms with Crippen molar-refractivity contribution in [1.82, 2.24) is 14.5 Å². The minimum atomic E-state index is -0.573. The standard InChI is InChI=1S/C27H35N5O5/c1-19-12-13-21(18-24(19)32(35)36)26(33)30(15-9-5-4-8-14-28)20(2)25-29-23-11-7-6-10-22(23)27(34)31(25)16-17-37-3/h6-7,10-13,18,20H,4-5,8-9,14-17,28H2,1-3H3. The number of hydrogen-bond acceptors (Lipinski definition) is 7. The Balaban J connectivity index is 2.06. The maximum Gasteiger partial charge on any atom is 0.273 e. The minimum Gasteiger partial charge on any atom is -0.383 e. The van der Waals surface area contributed by atoms with Crippen LogP contribution < -0.4 is 11.3 Å². The van der Waals surface area contributed by atoms with E-state index in [9.17, 15) is 19.7 Å². The number of carbonyl (C=O) groups is 1. The van der Waals surface area contributed by atoms with Gasteiger partial charge in [0.1, 0.15) is 5.82 Å². The van der Waals surface area contributed by atoms with Crippen LogP contribution in [-0.2, 0) is 11.3 Å². The largest absolute Gasteiger partial charge is 0.383 e. The van der Waals surface area contributed by atoms with Crippen molar-refractivity contribution in [2.24, 2.45) is 5.73 Å². The van der Waals surface area contributed by atoms with Crippen molar-refractivity contribution in [2.45, 2.75) is 52.1 Å². The molecule has 198 valence electrons. The number of aromatic nitrogens is 2. The Morgan fingerprint density at radius 2 is 1.92 bits per heavy atom. The van der Waals surface area contributed by atoms with Gasteiger partial charge in [0.2, 0.25) is 0 Å². The maximum absolute atomic E-state index is 13.8. The number of nitrogens with zero attached hydrogens (tertiary/aromatic N) is 4. The first-order valence-electron chi connectivity index (χ1n) is 12.5. The van der Waals surface area contributed by atoms with Crippen LogP contribution in [0.4, 0.5) is 5.69 Å². The molecule has 3 aromatic rings. The molecule has 0 fully saturated rings. The second kappa shape index (κ2) is 13.1. The maximum atomic E-state index is 13.8. The van der Waals surface area contributed by atoms with Gasteiger partial charge >= 0.3 is 0 Å². The van der Waals surface area contributed by atoms with Crippen LogP contribution in [0.5, 0.6) is 0 Å². The molecule has 0 saturated heterocycles. The SMILES string of the molecule is COCCn1c(C(C)N(CCCCCCN)C(=O)c2ccc(C)c([N+](=O)[O-])c2)nc2ccccc2c1=O. The molecule has 0 aliphatic rings. The number of unbranched alkanes of at least 4 members (excludes halogenated alkanes) is 3. The van der Waals surface area contributed by atoms with E-state index >= 15 is 0 Å². The zero-order valence-corrected chi connectivity index (χ0v) is 21.7. The molecule has 1 atom stereocenters. The highest BCUT2D eigenvalue weighted by Crippen LogP contribution is 2.26. The zero-order chi connectivity index (χ0) is 26.9. The number of aryl methyl sites for hydroxylation is 1. The molecule has 0 radical (unpaired) electrons. The summed E-state index contributed by atoms with van der Waals surface area (Å²) < 4.78 is 6.79. The Morgan fingerprint density at radius 3 is 2.62 bits per heavy atom. The monoisotopic (exact) mass is 509 g/mol. The fourth-order valence-electron chi connectivity index (χ4n) is 4.40. The zero-order valence-electron chi connectivity index (χ0n) is 21.7. The van der Waals surface area contributed by atoms with Gasteiger partial charge in [-0.25, -0.2) is 4.98 Å². The number of fused-ring (bicyclic) bond motifs is 1. The van der Waals surface area contributed by atoms with Crippen LogP contribution in [0.3, 0.4) is 0 Å². The van der Waals surface area contributed by atoms with Gasteiger partial charge in [-0.05, 0) is 51.4 Å². The van der Waals surface area contributed by atoms with E-state index in [1.165, 1.54) is 6.07 Å². The first-order valence-corrected chi connectivity index (χ1v) is 12.5. The summed E-state index contributed by atoms with van der Waals surface area (Å²) in [6.45, 7) is 5.06. The van der Waals surface area contributed by atoms with Gasteiger partial charge in [-0.2, -0.15) is 0 Å². The predicted molar refractivity (Wildman–Crippen MR) is 143 cm³/mol. The summed E-state index contributed by atoms with van der Waals surface area (Å²) in [6.07, 6.45) is 3.44. The van der Waals surface area contributed by atoms with Crippen molar-refractivity contribution >= 4 is 22.5 Å². The molecule has 37 heavy (non-hydrogen) atoms. The Bertz CT molecular complexity index is 1310. The van der Waals surface area contributed by atoms with Crippen LogP contribution in [0.2, 0.25) is 0 Å². The van der Waals surface area contributed by atoms with Gasteiger partial charge in [-0.3, -0.25) is 24.3 Å². The van der Waals surface area contributed by atoms with Crippen LogP contribution in [-0.4, -0.2) is 52.1 Å². The Kier molecular flexibility index (Phi) is 9.87. The van der Waals surface area contributed by atoms with Crippen molar-refractivity contribution in [1.29, 1.82) is 0 Å². The van der Waals surface area contributed by atoms with Crippen LogP contribution in [0.15, 0.2) is 47.3 Å². The van der Waals surface area contributed by atoms with Gasteiger partial charge in [0.25, 0.3) is 17.2 Å². The van der Waals surface area contributed by atoms with E-state index in [2.05, 4.69) is 0 Å². The third-order valence-corrected chi connectivity index (χ3v) is 6.52. The molecule has 3 rings (SSSR count). The lowest BCUT2D eigenvalue weighted by atomic mass is 10.1. The molecule has 1 amide bonds. The van der Waals surface area contributed by atoms with Gasteiger partial charge in [0, 0.05) is 30.8 Å². The molecule has 10 heteroatoms. The van der Waals surface area contributed by atoms with Crippen LogP contribution >= 0.6 is 0 Å². The quantitative estimate of drug-likeness (QED) is 0.209. The predicted octanol–water partition coefficient (Wildman–Crippen LogP) is 3.98. The Labute approximate surface area is 216 Å². The highest BCUT2D eigenvalue weighted by atomic mass is 16.6. The molecule has 0 saturated carbocycles. The van der Waals surface area contributed by atoms with Crippen molar-refractivity contribution < 1.29 is 14.5 Å². The molecule has 0 aliphatic carbocycles. The molecule has 1 unspecified atom stereocenters. The van der Waals surface area contributed by atoms with Gasteiger partial charge < -0.3 is 15.4 Å². The number of rotatable bonds is 13. The Morgan fingerprint density at radius 1 is 1.19 bits per heavy atom. The van der Waals surface area contributed by atoms with E-state index in [4.69, 9.17) is 15.5 Å². The van der Waals surface area contributed by atoms with Gasteiger partial charge in [-0.15, -0.1) is 0 Å². The minimum absolute atomic E-state index is 0.109. The van der Waals surface area contributed by atoms with E-state index in [0.717, 1.165) is 25.7 Å². The van der Waals surface area contributed by atoms with Crippen LogP contribution in [0, 0.1) is 17.0 Å². The highest BCUT2D eigenvalue weighted by molar-refractivity contribution is 5.95. The van der Waals surface area contributed by atoms with E-state index in [0.29, 0.717) is 42.0 Å². The van der Waals surface area contributed by atoms with Gasteiger partial charge in [0.15, 0.2) is 0 Å². The number of nitrogens with two attached hydrogens (primary N) is 1. The van der Waals surface area contributed by atoms with Crippen molar-refractivity contribution in [3.05, 3.63) is 79.9 Å². The van der Waals surface area contributed by atoms with E-state index < -0.39 is 11.0 Å². The van der Waals surface area contributed by atoms with E-state index in [1.807, 2.05) is 13.0 Å². The number of hydrogen-bond donors (Lipinski definition) is 1. The molecule has 2 N–H and O–H groups in total. The first-order chi connectivity index (χ1) is 17.8. The number of carbonyl (C=O) groups excluding carboxylic acids is 1. The lowest BCUT2D eigenvalue weighted by Gasteiger charge is -2.31. The fourth-order valence-corrected chi connectivity index (χ4v) is 4.40. The molecule has 2 aromatic carbocycles. The van der Waals surface area contributed by atoms with E-state index in [-0.39, 0.29) is 29.3 Å². The van der Waals surface area contributed by atoms with Gasteiger partial charge in [-0.1, -0.05) is 31.0 Å². The van der Waals surface area contributed by atoms with Crippen LogP contribution in [0.1, 0.15) is 60.4 Å². The molecule has 10 nitrogen and oxygen atoms in total. The van der Waals surface area contributed by atoms with Crippen molar-refractivity contribution in [2.75, 3.05) is 26.8 Å². The van der Waals surface area contributed by atoms with Crippen molar-refractivity contribution in [3.63, 3.8) is 0 Å². The third-order valence-electron chi connectivity index (χ3n) is 6.52. The smallest absolute Gasteiger partial charge is 0.273 e. The van der Waals surface area contributed by atoms with Gasteiger partial charge in [0.05, 0.1) is 35.0 Å². The summed E-state index contributed by atoms with van der Waals surface area (Å²) in [5.74, 6) is 0.0905. The number of nitro groups is 1. The molecule has 0 spiro atoms. The summed E-state index contributed by atoms with van der Waals surface area (Å²) in [7, 11) is 1.56. The topological polar surface area (TPSA) is 134 Å². The number of methoxy groups -OCH3 is 1. The molecule has 0 bridgehead atoms. The highest BCUT2D eigenvalue weighted by Gasteiger charge is 2.28. The lowest BCUT2D eigenvalue weighted by Crippen LogP contribution is -2.39. The van der Waals surface area contributed by atoms with Crippen molar-refractivity contribution in [3.8, 4) is 0 Å². The molecular formula is C27H35N5O5.